The maximum Gasteiger partial charge on any atom is 0.187 e. The topological polar surface area (TPSA) is 136 Å². The van der Waals surface area contributed by atoms with Crippen molar-refractivity contribution in [3.8, 4) is 0 Å². The number of rotatable bonds is 6. The molecule has 1 unspecified atom stereocenters. The van der Waals surface area contributed by atoms with E-state index in [1.54, 1.807) is 0 Å². The summed E-state index contributed by atoms with van der Waals surface area (Å²) in [7, 11) is 3.02. The summed E-state index contributed by atoms with van der Waals surface area (Å²) in [5.41, 5.74) is 0. The van der Waals surface area contributed by atoms with E-state index in [4.69, 9.17) is 33.5 Å². The van der Waals surface area contributed by atoms with Crippen LogP contribution in [-0.4, -0.2) is 109 Å². The van der Waals surface area contributed by atoms with Crippen molar-refractivity contribution in [2.24, 2.45) is 0 Å². The molecule has 10 heteroatoms. The van der Waals surface area contributed by atoms with E-state index in [1.165, 1.54) is 14.2 Å². The third-order valence-electron chi connectivity index (χ3n) is 4.66. The van der Waals surface area contributed by atoms with Gasteiger partial charge >= 0.3 is 0 Å². The van der Waals surface area contributed by atoms with E-state index in [1.807, 2.05) is 0 Å². The van der Waals surface area contributed by atoms with E-state index in [0.29, 0.717) is 0 Å². The van der Waals surface area contributed by atoms with Crippen molar-refractivity contribution in [1.82, 2.24) is 0 Å². The number of hydrogen-bond acceptors (Lipinski definition) is 10. The Kier molecular flexibility index (Phi) is 5.72. The van der Waals surface area contributed by atoms with Gasteiger partial charge in [0.25, 0.3) is 0 Å². The minimum absolute atomic E-state index is 0.196. The molecule has 10 atom stereocenters. The first kappa shape index (κ1) is 18.4. The van der Waals surface area contributed by atoms with E-state index in [2.05, 4.69) is 0 Å². The van der Waals surface area contributed by atoms with Crippen LogP contribution in [-0.2, 0) is 28.4 Å². The zero-order chi connectivity index (χ0) is 17.4. The highest BCUT2D eigenvalue weighted by molar-refractivity contribution is 4.99. The maximum atomic E-state index is 10.0. The second kappa shape index (κ2) is 7.46. The van der Waals surface area contributed by atoms with E-state index < -0.39 is 61.9 Å². The van der Waals surface area contributed by atoms with E-state index >= 15 is 0 Å². The van der Waals surface area contributed by atoms with Crippen LogP contribution in [0.25, 0.3) is 0 Å². The molecule has 3 saturated heterocycles. The molecule has 4 N–H and O–H groups in total. The lowest BCUT2D eigenvalue weighted by Gasteiger charge is -2.23. The second-order valence-corrected chi connectivity index (χ2v) is 6.08. The SMILES string of the molecule is CO[C@H]1O[C@@H]2[C@@H](OC[C@H]2OC2O[C@@H]([C@H](O)CO)[C@@H](O)[C@@H]2O)[C@@H]1OC. The highest BCUT2D eigenvalue weighted by atomic mass is 16.8. The Morgan fingerprint density at radius 3 is 2.42 bits per heavy atom. The van der Waals surface area contributed by atoms with Crippen molar-refractivity contribution in [1.29, 1.82) is 0 Å². The summed E-state index contributed by atoms with van der Waals surface area (Å²) >= 11 is 0. The minimum atomic E-state index is -1.38. The quantitative estimate of drug-likeness (QED) is 0.390. The van der Waals surface area contributed by atoms with Crippen molar-refractivity contribution in [3.63, 3.8) is 0 Å². The summed E-state index contributed by atoms with van der Waals surface area (Å²) in [6, 6.07) is 0. The van der Waals surface area contributed by atoms with Gasteiger partial charge < -0.3 is 48.8 Å². The molecule has 24 heavy (non-hydrogen) atoms. The van der Waals surface area contributed by atoms with Crippen LogP contribution in [0.3, 0.4) is 0 Å². The van der Waals surface area contributed by atoms with Gasteiger partial charge in [0.05, 0.1) is 13.2 Å². The minimum Gasteiger partial charge on any atom is -0.394 e. The third-order valence-corrected chi connectivity index (χ3v) is 4.66. The van der Waals surface area contributed by atoms with Gasteiger partial charge in [0, 0.05) is 14.2 Å². The fourth-order valence-corrected chi connectivity index (χ4v) is 3.37. The Bertz CT molecular complexity index is 422. The van der Waals surface area contributed by atoms with Crippen LogP contribution in [0.4, 0.5) is 0 Å². The van der Waals surface area contributed by atoms with E-state index in [0.717, 1.165) is 0 Å². The lowest BCUT2D eigenvalue weighted by molar-refractivity contribution is -0.230. The molecule has 0 bridgehead atoms. The van der Waals surface area contributed by atoms with Gasteiger partial charge in [-0.05, 0) is 0 Å². The van der Waals surface area contributed by atoms with Gasteiger partial charge in [0.2, 0.25) is 0 Å². The molecular weight excluding hydrogens is 328 g/mol. The molecule has 0 aliphatic carbocycles. The zero-order valence-electron chi connectivity index (χ0n) is 13.4. The summed E-state index contributed by atoms with van der Waals surface area (Å²) in [6.45, 7) is -0.409. The number of aliphatic hydroxyl groups is 4. The number of aliphatic hydroxyl groups excluding tert-OH is 4. The largest absolute Gasteiger partial charge is 0.394 e. The molecule has 0 spiro atoms. The molecule has 0 radical (unpaired) electrons. The lowest BCUT2D eigenvalue weighted by atomic mass is 10.1. The van der Waals surface area contributed by atoms with Gasteiger partial charge in [-0.2, -0.15) is 0 Å². The van der Waals surface area contributed by atoms with Crippen LogP contribution in [0.15, 0.2) is 0 Å². The van der Waals surface area contributed by atoms with Gasteiger partial charge in [-0.25, -0.2) is 0 Å². The number of fused-ring (bicyclic) bond motifs is 1. The van der Waals surface area contributed by atoms with E-state index in [-0.39, 0.29) is 12.7 Å². The number of hydrogen-bond donors (Lipinski definition) is 4. The Balaban J connectivity index is 1.63. The Hall–Kier alpha value is -0.400. The summed E-state index contributed by atoms with van der Waals surface area (Å²) in [4.78, 5) is 0. The molecule has 0 saturated carbocycles. The van der Waals surface area contributed by atoms with Crippen molar-refractivity contribution < 1.29 is 48.8 Å². The van der Waals surface area contributed by atoms with Crippen LogP contribution in [0.2, 0.25) is 0 Å². The van der Waals surface area contributed by atoms with Gasteiger partial charge in [-0.15, -0.1) is 0 Å². The summed E-state index contributed by atoms with van der Waals surface area (Å²) in [5, 5.41) is 38.6. The molecule has 0 aromatic rings. The monoisotopic (exact) mass is 352 g/mol. The predicted octanol–water partition coefficient (Wildman–Crippen LogP) is -3.04. The van der Waals surface area contributed by atoms with Gasteiger partial charge in [-0.1, -0.05) is 0 Å². The molecule has 3 aliphatic rings. The predicted molar refractivity (Wildman–Crippen MR) is 74.8 cm³/mol. The normalized spacial score (nSPS) is 49.5. The zero-order valence-corrected chi connectivity index (χ0v) is 13.4. The van der Waals surface area contributed by atoms with Crippen LogP contribution in [0.5, 0.6) is 0 Å². The third kappa shape index (κ3) is 3.07. The highest BCUT2D eigenvalue weighted by Crippen LogP contribution is 2.36. The van der Waals surface area contributed by atoms with Crippen LogP contribution < -0.4 is 0 Å². The molecule has 3 rings (SSSR count). The van der Waals surface area contributed by atoms with Crippen LogP contribution in [0, 0.1) is 0 Å². The lowest BCUT2D eigenvalue weighted by Crippen LogP contribution is -2.41. The average molecular weight is 352 g/mol. The Morgan fingerprint density at radius 1 is 1.04 bits per heavy atom. The Morgan fingerprint density at radius 2 is 1.79 bits per heavy atom. The molecule has 0 aromatic carbocycles. The van der Waals surface area contributed by atoms with Crippen molar-refractivity contribution in [2.75, 3.05) is 27.4 Å². The molecule has 3 heterocycles. The molecule has 140 valence electrons. The number of ether oxygens (including phenoxy) is 6. The van der Waals surface area contributed by atoms with Crippen molar-refractivity contribution in [3.05, 3.63) is 0 Å². The molecule has 0 amide bonds. The summed E-state index contributed by atoms with van der Waals surface area (Å²) in [5.74, 6) is 0. The fraction of sp³-hybridized carbons (Fsp3) is 1.00. The standard InChI is InChI=1S/C14H24O10/c1-19-12-11-10(24-14(12)20-2)6(4-21-11)22-13-8(18)7(17)9(23-13)5(16)3-15/h5-18H,3-4H2,1-2H3/t5-,6-,7+,8+,9+,10+,11-,12+,13?,14+/m1/s1. The first-order valence-corrected chi connectivity index (χ1v) is 7.80. The summed E-state index contributed by atoms with van der Waals surface area (Å²) < 4.78 is 33.0. The van der Waals surface area contributed by atoms with Gasteiger partial charge in [-0.3, -0.25) is 0 Å². The molecular formula is C14H24O10. The molecule has 3 aliphatic heterocycles. The van der Waals surface area contributed by atoms with Crippen LogP contribution in [0.1, 0.15) is 0 Å². The molecule has 0 aromatic heterocycles. The Labute approximate surface area is 138 Å². The molecule has 3 fully saturated rings. The summed E-state index contributed by atoms with van der Waals surface area (Å²) in [6.07, 6.45) is -8.81. The smallest absolute Gasteiger partial charge is 0.187 e. The highest BCUT2D eigenvalue weighted by Gasteiger charge is 2.56. The average Bonchev–Trinajstić information content (AvgIpc) is 3.22. The second-order valence-electron chi connectivity index (χ2n) is 6.08. The maximum absolute atomic E-state index is 10.0. The first-order valence-electron chi connectivity index (χ1n) is 7.80. The van der Waals surface area contributed by atoms with E-state index in [9.17, 15) is 15.3 Å². The van der Waals surface area contributed by atoms with Crippen LogP contribution >= 0.6 is 0 Å². The van der Waals surface area contributed by atoms with Crippen molar-refractivity contribution >= 4 is 0 Å². The number of methoxy groups -OCH3 is 2. The van der Waals surface area contributed by atoms with Gasteiger partial charge in [0.1, 0.15) is 48.8 Å². The van der Waals surface area contributed by atoms with Crippen molar-refractivity contribution in [2.45, 2.75) is 61.4 Å². The first-order chi connectivity index (χ1) is 11.5. The molecule has 10 nitrogen and oxygen atoms in total. The fourth-order valence-electron chi connectivity index (χ4n) is 3.37. The van der Waals surface area contributed by atoms with Gasteiger partial charge in [0.15, 0.2) is 12.6 Å².